The molecule has 0 atom stereocenters. The largest absolute Gasteiger partial charge is 0.508 e. The lowest BCUT2D eigenvalue weighted by Gasteiger charge is -2.07. The highest BCUT2D eigenvalue weighted by Gasteiger charge is 2.07. The predicted octanol–water partition coefficient (Wildman–Crippen LogP) is 3.14. The molecule has 3 heteroatoms. The van der Waals surface area contributed by atoms with Gasteiger partial charge >= 0.3 is 0 Å². The molecule has 1 amide bonds. The highest BCUT2D eigenvalue weighted by molar-refractivity contribution is 5.92. The fourth-order valence-electron chi connectivity index (χ4n) is 1.86. The third-order valence-electron chi connectivity index (χ3n) is 2.99. The molecule has 0 heterocycles. The Morgan fingerprint density at radius 3 is 2.42 bits per heavy atom. The molecule has 19 heavy (non-hydrogen) atoms. The SMILES string of the molecule is CCc1ccc(NC(=O)Cc2ccccc2O)cc1. The number of carbonyl (C=O) groups is 1. The standard InChI is InChI=1S/C16H17NO2/c1-2-12-7-9-14(10-8-12)17-16(19)11-13-5-3-4-6-15(13)18/h3-10,18H,2,11H2,1H3,(H,17,19). The van der Waals surface area contributed by atoms with Crippen molar-refractivity contribution < 1.29 is 9.90 Å². The summed E-state index contributed by atoms with van der Waals surface area (Å²) in [6.45, 7) is 2.09. The molecule has 2 aromatic rings. The molecule has 2 aromatic carbocycles. The molecule has 0 unspecified atom stereocenters. The number of hydrogen-bond donors (Lipinski definition) is 2. The van der Waals surface area contributed by atoms with E-state index < -0.39 is 0 Å². The molecule has 0 aromatic heterocycles. The van der Waals surface area contributed by atoms with Crippen LogP contribution in [-0.2, 0) is 17.6 Å². The van der Waals surface area contributed by atoms with Gasteiger partial charge in [-0.05, 0) is 30.2 Å². The van der Waals surface area contributed by atoms with E-state index in [1.54, 1.807) is 24.3 Å². The van der Waals surface area contributed by atoms with E-state index >= 15 is 0 Å². The smallest absolute Gasteiger partial charge is 0.228 e. The second kappa shape index (κ2) is 6.05. The second-order valence-electron chi connectivity index (χ2n) is 4.40. The van der Waals surface area contributed by atoms with E-state index in [9.17, 15) is 9.90 Å². The molecule has 0 saturated heterocycles. The van der Waals surface area contributed by atoms with Crippen LogP contribution >= 0.6 is 0 Å². The van der Waals surface area contributed by atoms with Crippen LogP contribution in [0.4, 0.5) is 5.69 Å². The Labute approximate surface area is 112 Å². The minimum absolute atomic E-state index is 0.134. The fourth-order valence-corrected chi connectivity index (χ4v) is 1.86. The van der Waals surface area contributed by atoms with E-state index in [0.29, 0.717) is 5.56 Å². The minimum Gasteiger partial charge on any atom is -0.508 e. The van der Waals surface area contributed by atoms with Gasteiger partial charge in [0.15, 0.2) is 0 Å². The highest BCUT2D eigenvalue weighted by Crippen LogP contribution is 2.17. The van der Waals surface area contributed by atoms with Gasteiger partial charge in [0, 0.05) is 11.3 Å². The van der Waals surface area contributed by atoms with Gasteiger partial charge in [0.2, 0.25) is 5.91 Å². The predicted molar refractivity (Wildman–Crippen MR) is 76.3 cm³/mol. The summed E-state index contributed by atoms with van der Waals surface area (Å²) < 4.78 is 0. The van der Waals surface area contributed by atoms with Gasteiger partial charge in [0.05, 0.1) is 6.42 Å². The number of para-hydroxylation sites is 1. The van der Waals surface area contributed by atoms with Crippen LogP contribution in [0, 0.1) is 0 Å². The summed E-state index contributed by atoms with van der Waals surface area (Å²) in [5.74, 6) is 0.0183. The molecule has 2 rings (SSSR count). The number of benzene rings is 2. The van der Waals surface area contributed by atoms with E-state index in [0.717, 1.165) is 12.1 Å². The van der Waals surface area contributed by atoms with Crippen LogP contribution in [-0.4, -0.2) is 11.0 Å². The van der Waals surface area contributed by atoms with Crippen molar-refractivity contribution in [1.29, 1.82) is 0 Å². The van der Waals surface area contributed by atoms with Crippen molar-refractivity contribution in [3.63, 3.8) is 0 Å². The van der Waals surface area contributed by atoms with Crippen LogP contribution < -0.4 is 5.32 Å². The maximum atomic E-state index is 11.9. The van der Waals surface area contributed by atoms with Gasteiger partial charge in [-0.3, -0.25) is 4.79 Å². The average Bonchev–Trinajstić information content (AvgIpc) is 2.42. The molecule has 0 fully saturated rings. The van der Waals surface area contributed by atoms with E-state index in [2.05, 4.69) is 12.2 Å². The zero-order valence-corrected chi connectivity index (χ0v) is 10.9. The third kappa shape index (κ3) is 3.58. The molecule has 0 aliphatic carbocycles. The maximum absolute atomic E-state index is 11.9. The molecule has 0 aliphatic heterocycles. The first kappa shape index (κ1) is 13.1. The van der Waals surface area contributed by atoms with Gasteiger partial charge in [0.25, 0.3) is 0 Å². The number of amides is 1. The normalized spacial score (nSPS) is 10.2. The zero-order chi connectivity index (χ0) is 13.7. The summed E-state index contributed by atoms with van der Waals surface area (Å²) in [6.07, 6.45) is 1.15. The second-order valence-corrected chi connectivity index (χ2v) is 4.40. The monoisotopic (exact) mass is 255 g/mol. The molecule has 0 aliphatic rings. The van der Waals surface area contributed by atoms with Crippen LogP contribution in [0.25, 0.3) is 0 Å². The summed E-state index contributed by atoms with van der Waals surface area (Å²) in [7, 11) is 0. The van der Waals surface area contributed by atoms with E-state index in [1.165, 1.54) is 5.56 Å². The number of hydrogen-bond acceptors (Lipinski definition) is 2. The van der Waals surface area contributed by atoms with Gasteiger partial charge in [-0.25, -0.2) is 0 Å². The molecule has 0 radical (unpaired) electrons. The summed E-state index contributed by atoms with van der Waals surface area (Å²) in [6, 6.07) is 14.6. The van der Waals surface area contributed by atoms with Crippen LogP contribution in [0.5, 0.6) is 5.75 Å². The number of aromatic hydroxyl groups is 1. The molecule has 0 saturated carbocycles. The van der Waals surface area contributed by atoms with Crippen molar-refractivity contribution in [2.24, 2.45) is 0 Å². The molecular formula is C16H17NO2. The Balaban J connectivity index is 1.99. The van der Waals surface area contributed by atoms with Crippen molar-refractivity contribution in [1.82, 2.24) is 0 Å². The van der Waals surface area contributed by atoms with Gasteiger partial charge in [-0.1, -0.05) is 37.3 Å². The number of nitrogens with one attached hydrogen (secondary N) is 1. The number of anilines is 1. The Hall–Kier alpha value is -2.29. The number of phenolic OH excluding ortho intramolecular Hbond substituents is 1. The first-order chi connectivity index (χ1) is 9.19. The number of carbonyl (C=O) groups excluding carboxylic acids is 1. The Morgan fingerprint density at radius 1 is 1.11 bits per heavy atom. The lowest BCUT2D eigenvalue weighted by Crippen LogP contribution is -2.14. The van der Waals surface area contributed by atoms with Crippen molar-refractivity contribution in [3.8, 4) is 5.75 Å². The van der Waals surface area contributed by atoms with Gasteiger partial charge in [-0.15, -0.1) is 0 Å². The lowest BCUT2D eigenvalue weighted by atomic mass is 10.1. The topological polar surface area (TPSA) is 49.3 Å². The molecular weight excluding hydrogens is 238 g/mol. The summed E-state index contributed by atoms with van der Waals surface area (Å²) in [4.78, 5) is 11.9. The first-order valence-corrected chi connectivity index (χ1v) is 6.34. The summed E-state index contributed by atoms with van der Waals surface area (Å²) in [5.41, 5.74) is 2.64. The number of phenols is 1. The van der Waals surface area contributed by atoms with Crippen LogP contribution in [0.2, 0.25) is 0 Å². The Kier molecular flexibility index (Phi) is 4.18. The van der Waals surface area contributed by atoms with E-state index in [4.69, 9.17) is 0 Å². The van der Waals surface area contributed by atoms with Crippen LogP contribution in [0.15, 0.2) is 48.5 Å². The van der Waals surface area contributed by atoms with Gasteiger partial charge in [-0.2, -0.15) is 0 Å². The molecule has 0 spiro atoms. The van der Waals surface area contributed by atoms with E-state index in [-0.39, 0.29) is 18.1 Å². The molecule has 98 valence electrons. The fraction of sp³-hybridized carbons (Fsp3) is 0.188. The quantitative estimate of drug-likeness (QED) is 0.881. The van der Waals surface area contributed by atoms with Gasteiger partial charge in [0.1, 0.15) is 5.75 Å². The number of rotatable bonds is 4. The van der Waals surface area contributed by atoms with E-state index in [1.807, 2.05) is 24.3 Å². The minimum atomic E-state index is -0.134. The lowest BCUT2D eigenvalue weighted by molar-refractivity contribution is -0.115. The molecule has 0 bridgehead atoms. The van der Waals surface area contributed by atoms with Crippen molar-refractivity contribution in [2.45, 2.75) is 19.8 Å². The highest BCUT2D eigenvalue weighted by atomic mass is 16.3. The van der Waals surface area contributed by atoms with Crippen LogP contribution in [0.1, 0.15) is 18.1 Å². The first-order valence-electron chi connectivity index (χ1n) is 6.34. The third-order valence-corrected chi connectivity index (χ3v) is 2.99. The Morgan fingerprint density at radius 2 is 1.79 bits per heavy atom. The average molecular weight is 255 g/mol. The van der Waals surface area contributed by atoms with Crippen molar-refractivity contribution in [3.05, 3.63) is 59.7 Å². The van der Waals surface area contributed by atoms with Crippen molar-refractivity contribution in [2.75, 3.05) is 5.32 Å². The maximum Gasteiger partial charge on any atom is 0.228 e. The Bertz CT molecular complexity index is 561. The van der Waals surface area contributed by atoms with Gasteiger partial charge < -0.3 is 10.4 Å². The summed E-state index contributed by atoms with van der Waals surface area (Å²) in [5, 5.41) is 12.4. The number of aryl methyl sites for hydroxylation is 1. The van der Waals surface area contributed by atoms with Crippen LogP contribution in [0.3, 0.4) is 0 Å². The molecule has 2 N–H and O–H groups in total. The molecule has 3 nitrogen and oxygen atoms in total. The zero-order valence-electron chi connectivity index (χ0n) is 10.9. The summed E-state index contributed by atoms with van der Waals surface area (Å²) >= 11 is 0. The van der Waals surface area contributed by atoms with Crippen molar-refractivity contribution >= 4 is 11.6 Å².